The van der Waals surface area contributed by atoms with Crippen molar-refractivity contribution < 1.29 is 4.79 Å². The molecule has 98 valence electrons. The highest BCUT2D eigenvalue weighted by Crippen LogP contribution is 2.22. The lowest BCUT2D eigenvalue weighted by atomic mass is 10.1. The zero-order valence-corrected chi connectivity index (χ0v) is 12.5. The molecule has 1 aromatic rings. The molecule has 0 N–H and O–H groups in total. The maximum absolute atomic E-state index is 12.4. The van der Waals surface area contributed by atoms with Gasteiger partial charge in [-0.3, -0.25) is 9.78 Å². The van der Waals surface area contributed by atoms with E-state index in [9.17, 15) is 4.79 Å². The maximum Gasteiger partial charge on any atom is 0.255 e. The minimum Gasteiger partial charge on any atom is -0.338 e. The highest BCUT2D eigenvalue weighted by molar-refractivity contribution is 9.09. The quantitative estimate of drug-likeness (QED) is 0.804. The van der Waals surface area contributed by atoms with Crippen molar-refractivity contribution in [2.75, 3.05) is 18.4 Å². The van der Waals surface area contributed by atoms with Gasteiger partial charge in [-0.15, -0.1) is 0 Å². The van der Waals surface area contributed by atoms with Crippen LogP contribution in [-0.2, 0) is 0 Å². The van der Waals surface area contributed by atoms with Crippen LogP contribution in [0.5, 0.6) is 0 Å². The first-order valence-corrected chi connectivity index (χ1v) is 7.53. The van der Waals surface area contributed by atoms with Gasteiger partial charge in [0, 0.05) is 24.1 Å². The molecule has 18 heavy (non-hydrogen) atoms. The molecule has 0 saturated carbocycles. The van der Waals surface area contributed by atoms with Crippen molar-refractivity contribution in [3.05, 3.63) is 29.1 Å². The van der Waals surface area contributed by atoms with Gasteiger partial charge in [0.25, 0.3) is 5.91 Å². The van der Waals surface area contributed by atoms with Crippen LogP contribution in [0, 0.1) is 19.8 Å². The SMILES string of the molecule is Cc1ccc(C(=O)N2CCC(CCBr)C2)c(C)n1. The molecule has 2 heterocycles. The summed E-state index contributed by atoms with van der Waals surface area (Å²) in [6.45, 7) is 5.62. The number of pyridine rings is 1. The minimum atomic E-state index is 0.136. The molecule has 1 atom stereocenters. The normalized spacial score (nSPS) is 19.3. The van der Waals surface area contributed by atoms with E-state index < -0.39 is 0 Å². The molecule has 1 aliphatic heterocycles. The lowest BCUT2D eigenvalue weighted by Gasteiger charge is -2.17. The third-order valence-electron chi connectivity index (χ3n) is 3.55. The van der Waals surface area contributed by atoms with E-state index in [4.69, 9.17) is 0 Å². The molecule has 2 rings (SSSR count). The molecular weight excluding hydrogens is 292 g/mol. The predicted molar refractivity (Wildman–Crippen MR) is 76.1 cm³/mol. The lowest BCUT2D eigenvalue weighted by molar-refractivity contribution is 0.0786. The number of hydrogen-bond acceptors (Lipinski definition) is 2. The van der Waals surface area contributed by atoms with Gasteiger partial charge < -0.3 is 4.90 Å². The fourth-order valence-electron chi connectivity index (χ4n) is 2.49. The molecule has 0 aromatic carbocycles. The number of carbonyl (C=O) groups is 1. The summed E-state index contributed by atoms with van der Waals surface area (Å²) in [6.07, 6.45) is 2.27. The Hall–Kier alpha value is -0.900. The smallest absolute Gasteiger partial charge is 0.255 e. The summed E-state index contributed by atoms with van der Waals surface area (Å²) < 4.78 is 0. The number of nitrogens with zero attached hydrogens (tertiary/aromatic N) is 2. The summed E-state index contributed by atoms with van der Waals surface area (Å²) in [6, 6.07) is 3.81. The molecule has 3 nitrogen and oxygen atoms in total. The van der Waals surface area contributed by atoms with E-state index in [0.717, 1.165) is 48.2 Å². The Bertz CT molecular complexity index is 447. The van der Waals surface area contributed by atoms with Gasteiger partial charge in [0.05, 0.1) is 11.3 Å². The Labute approximate surface area is 117 Å². The number of hydrogen-bond donors (Lipinski definition) is 0. The molecule has 1 saturated heterocycles. The van der Waals surface area contributed by atoms with Gasteiger partial charge in [0.2, 0.25) is 0 Å². The largest absolute Gasteiger partial charge is 0.338 e. The summed E-state index contributed by atoms with van der Waals surface area (Å²) in [4.78, 5) is 18.7. The number of carbonyl (C=O) groups excluding carboxylic acids is 1. The number of likely N-dealkylation sites (tertiary alicyclic amines) is 1. The average molecular weight is 311 g/mol. The van der Waals surface area contributed by atoms with Gasteiger partial charge in [0.15, 0.2) is 0 Å². The van der Waals surface area contributed by atoms with Gasteiger partial charge in [0.1, 0.15) is 0 Å². The van der Waals surface area contributed by atoms with Crippen LogP contribution in [0.2, 0.25) is 0 Å². The van der Waals surface area contributed by atoms with Crippen molar-refractivity contribution in [1.82, 2.24) is 9.88 Å². The Morgan fingerprint density at radius 2 is 2.28 bits per heavy atom. The summed E-state index contributed by atoms with van der Waals surface area (Å²) in [5.74, 6) is 0.782. The van der Waals surface area contributed by atoms with E-state index >= 15 is 0 Å². The van der Waals surface area contributed by atoms with Crippen molar-refractivity contribution in [3.63, 3.8) is 0 Å². The van der Waals surface area contributed by atoms with Crippen LogP contribution >= 0.6 is 15.9 Å². The second-order valence-corrected chi connectivity index (χ2v) is 5.76. The van der Waals surface area contributed by atoms with Crippen LogP contribution in [0.15, 0.2) is 12.1 Å². The van der Waals surface area contributed by atoms with Gasteiger partial charge in [-0.25, -0.2) is 0 Å². The Kier molecular flexibility index (Phi) is 4.38. The Morgan fingerprint density at radius 3 is 2.94 bits per heavy atom. The number of halogens is 1. The van der Waals surface area contributed by atoms with Crippen molar-refractivity contribution in [1.29, 1.82) is 0 Å². The summed E-state index contributed by atoms with van der Waals surface area (Å²) in [5.41, 5.74) is 2.55. The van der Waals surface area contributed by atoms with Gasteiger partial charge in [-0.05, 0) is 44.7 Å². The van der Waals surface area contributed by atoms with Crippen LogP contribution in [0.1, 0.15) is 34.6 Å². The molecule has 0 spiro atoms. The van der Waals surface area contributed by atoms with E-state index in [2.05, 4.69) is 20.9 Å². The van der Waals surface area contributed by atoms with Crippen molar-refractivity contribution in [2.24, 2.45) is 5.92 Å². The van der Waals surface area contributed by atoms with Gasteiger partial charge in [-0.1, -0.05) is 15.9 Å². The predicted octanol–water partition coefficient (Wildman–Crippen LogP) is 2.95. The van der Waals surface area contributed by atoms with E-state index in [-0.39, 0.29) is 5.91 Å². The molecule has 1 unspecified atom stereocenters. The molecule has 0 radical (unpaired) electrons. The van der Waals surface area contributed by atoms with E-state index in [1.54, 1.807) is 0 Å². The lowest BCUT2D eigenvalue weighted by Crippen LogP contribution is -2.29. The first-order valence-electron chi connectivity index (χ1n) is 6.41. The first kappa shape index (κ1) is 13.5. The third kappa shape index (κ3) is 2.91. The number of aromatic nitrogens is 1. The van der Waals surface area contributed by atoms with Crippen molar-refractivity contribution >= 4 is 21.8 Å². The number of aryl methyl sites for hydroxylation is 2. The molecule has 4 heteroatoms. The highest BCUT2D eigenvalue weighted by Gasteiger charge is 2.27. The molecular formula is C14H19BrN2O. The number of alkyl halides is 1. The summed E-state index contributed by atoms with van der Waals surface area (Å²) >= 11 is 3.47. The van der Waals surface area contributed by atoms with Crippen LogP contribution in [-0.4, -0.2) is 34.2 Å². The van der Waals surface area contributed by atoms with Crippen LogP contribution in [0.4, 0.5) is 0 Å². The maximum atomic E-state index is 12.4. The minimum absolute atomic E-state index is 0.136. The monoisotopic (exact) mass is 310 g/mol. The van der Waals surface area contributed by atoms with E-state index in [0.29, 0.717) is 5.92 Å². The Morgan fingerprint density at radius 1 is 1.50 bits per heavy atom. The molecule has 0 aliphatic carbocycles. The van der Waals surface area contributed by atoms with Crippen LogP contribution < -0.4 is 0 Å². The first-order chi connectivity index (χ1) is 8.61. The molecule has 1 aromatic heterocycles. The molecule has 1 amide bonds. The zero-order chi connectivity index (χ0) is 13.1. The number of amides is 1. The van der Waals surface area contributed by atoms with Gasteiger partial charge >= 0.3 is 0 Å². The van der Waals surface area contributed by atoms with Crippen LogP contribution in [0.25, 0.3) is 0 Å². The number of rotatable bonds is 3. The van der Waals surface area contributed by atoms with Crippen LogP contribution in [0.3, 0.4) is 0 Å². The molecule has 0 bridgehead atoms. The fraction of sp³-hybridized carbons (Fsp3) is 0.571. The van der Waals surface area contributed by atoms with Crippen molar-refractivity contribution in [3.8, 4) is 0 Å². The molecule has 1 fully saturated rings. The second kappa shape index (κ2) is 5.83. The summed E-state index contributed by atoms with van der Waals surface area (Å²) in [7, 11) is 0. The summed E-state index contributed by atoms with van der Waals surface area (Å²) in [5, 5.41) is 1.02. The topological polar surface area (TPSA) is 33.2 Å². The highest BCUT2D eigenvalue weighted by atomic mass is 79.9. The van der Waals surface area contributed by atoms with Crippen molar-refractivity contribution in [2.45, 2.75) is 26.7 Å². The fourth-order valence-corrected chi connectivity index (χ4v) is 3.14. The average Bonchev–Trinajstić information content (AvgIpc) is 2.77. The Balaban J connectivity index is 2.08. The standard InChI is InChI=1S/C14H19BrN2O/c1-10-3-4-13(11(2)16-10)14(18)17-8-6-12(9-17)5-7-15/h3-4,12H,5-9H2,1-2H3. The second-order valence-electron chi connectivity index (χ2n) is 4.97. The van der Waals surface area contributed by atoms with Gasteiger partial charge in [-0.2, -0.15) is 0 Å². The van der Waals surface area contributed by atoms with E-state index in [1.807, 2.05) is 30.9 Å². The zero-order valence-electron chi connectivity index (χ0n) is 10.9. The third-order valence-corrected chi connectivity index (χ3v) is 4.00. The molecule has 1 aliphatic rings. The van der Waals surface area contributed by atoms with E-state index in [1.165, 1.54) is 0 Å².